The molecule has 1 aliphatic heterocycles. The lowest BCUT2D eigenvalue weighted by Crippen LogP contribution is -2.53. The fraction of sp³-hybridized carbons (Fsp3) is 0.357. The van der Waals surface area contributed by atoms with E-state index < -0.39 is 33.3 Å². The minimum atomic E-state index is -4.04. The van der Waals surface area contributed by atoms with Crippen LogP contribution in [0.2, 0.25) is 0 Å². The van der Waals surface area contributed by atoms with Crippen LogP contribution < -0.4 is 14.8 Å². The second kappa shape index (κ2) is 6.47. The number of nitrogens with zero attached hydrogens (tertiary/aromatic N) is 1. The molecule has 1 aliphatic rings. The van der Waals surface area contributed by atoms with E-state index in [4.69, 9.17) is 4.74 Å². The van der Waals surface area contributed by atoms with Crippen molar-refractivity contribution in [2.75, 3.05) is 7.11 Å². The topological polar surface area (TPSA) is 114 Å². The Labute approximate surface area is 134 Å². The third-order valence-electron chi connectivity index (χ3n) is 3.39. The van der Waals surface area contributed by atoms with E-state index in [1.165, 1.54) is 14.0 Å². The summed E-state index contributed by atoms with van der Waals surface area (Å²) in [4.78, 5) is 26.4. The van der Waals surface area contributed by atoms with E-state index in [0.717, 1.165) is 0 Å². The Kier molecular flexibility index (Phi) is 4.81. The molecule has 1 aromatic carbocycles. The number of urea groups is 1. The minimum Gasteiger partial charge on any atom is -0.497 e. The largest absolute Gasteiger partial charge is 0.497 e. The molecule has 2 N–H and O–H groups in total. The van der Waals surface area contributed by atoms with Gasteiger partial charge in [-0.3, -0.25) is 10.1 Å². The van der Waals surface area contributed by atoms with E-state index >= 15 is 0 Å². The molecular formula is C14H17N3O5S. The molecule has 0 radical (unpaired) electrons. The summed E-state index contributed by atoms with van der Waals surface area (Å²) >= 11 is 0. The Bertz CT molecular complexity index is 755. The highest BCUT2D eigenvalue weighted by atomic mass is 32.2. The zero-order chi connectivity index (χ0) is 17.2. The van der Waals surface area contributed by atoms with Crippen molar-refractivity contribution in [3.63, 3.8) is 0 Å². The number of carbonyl (C=O) groups is 2. The lowest BCUT2D eigenvalue weighted by atomic mass is 10.1. The molecule has 23 heavy (non-hydrogen) atoms. The molecule has 0 spiro atoms. The summed E-state index contributed by atoms with van der Waals surface area (Å²) in [5, 5.41) is 0.366. The highest BCUT2D eigenvalue weighted by molar-refractivity contribution is 7.91. The van der Waals surface area contributed by atoms with E-state index in [1.807, 2.05) is 5.32 Å². The summed E-state index contributed by atoms with van der Waals surface area (Å²) in [6.45, 7) is 2.98. The molecule has 2 rings (SSSR count). The molecule has 1 aromatic rings. The fourth-order valence-corrected chi connectivity index (χ4v) is 3.86. The molecule has 9 heteroatoms. The Balaban J connectivity index is 2.21. The molecule has 124 valence electrons. The summed E-state index contributed by atoms with van der Waals surface area (Å²) in [7, 11) is -2.51. The van der Waals surface area contributed by atoms with Crippen LogP contribution in [0.5, 0.6) is 5.75 Å². The molecule has 0 aromatic heterocycles. The molecule has 2 unspecified atom stereocenters. The van der Waals surface area contributed by atoms with Gasteiger partial charge in [0.15, 0.2) is 5.25 Å². The lowest BCUT2D eigenvalue weighted by molar-refractivity contribution is -0.118. The third kappa shape index (κ3) is 3.74. The van der Waals surface area contributed by atoms with Crippen LogP contribution >= 0.6 is 0 Å². The number of aliphatic imine (C=N–C) groups is 1. The molecule has 0 fully saturated rings. The van der Waals surface area contributed by atoms with Crippen molar-refractivity contribution in [3.8, 4) is 5.75 Å². The average Bonchev–Trinajstić information content (AvgIpc) is 2.45. The zero-order valence-corrected chi connectivity index (χ0v) is 13.7. The molecule has 3 amide bonds. The van der Waals surface area contributed by atoms with E-state index in [9.17, 15) is 18.0 Å². The van der Waals surface area contributed by atoms with Gasteiger partial charge in [-0.2, -0.15) is 0 Å². The summed E-state index contributed by atoms with van der Waals surface area (Å²) in [5.74, 6) is -0.256. The van der Waals surface area contributed by atoms with Crippen LogP contribution in [0, 0.1) is 0 Å². The number of nitrogens with one attached hydrogen (secondary N) is 2. The first-order valence-electron chi connectivity index (χ1n) is 6.79. The number of benzene rings is 1. The first-order chi connectivity index (χ1) is 10.7. The van der Waals surface area contributed by atoms with Crippen molar-refractivity contribution in [1.29, 1.82) is 0 Å². The summed E-state index contributed by atoms with van der Waals surface area (Å²) in [6, 6.07) is 5.43. The van der Waals surface area contributed by atoms with Gasteiger partial charge >= 0.3 is 6.03 Å². The smallest absolute Gasteiger partial charge is 0.347 e. The number of imide groups is 1. The van der Waals surface area contributed by atoms with E-state index in [2.05, 4.69) is 9.71 Å². The van der Waals surface area contributed by atoms with Gasteiger partial charge in [-0.1, -0.05) is 12.1 Å². The van der Waals surface area contributed by atoms with E-state index in [1.54, 1.807) is 31.2 Å². The highest BCUT2D eigenvalue weighted by Gasteiger charge is 2.39. The van der Waals surface area contributed by atoms with Crippen molar-refractivity contribution in [3.05, 3.63) is 29.8 Å². The average molecular weight is 339 g/mol. The number of sulfonamides is 1. The van der Waals surface area contributed by atoms with Gasteiger partial charge in [0.2, 0.25) is 10.0 Å². The molecule has 0 saturated heterocycles. The number of methoxy groups -OCH3 is 1. The summed E-state index contributed by atoms with van der Waals surface area (Å²) < 4.78 is 32.3. The van der Waals surface area contributed by atoms with Crippen molar-refractivity contribution >= 4 is 27.7 Å². The maximum Gasteiger partial charge on any atom is 0.347 e. The molecule has 2 atom stereocenters. The van der Waals surface area contributed by atoms with Crippen LogP contribution in [-0.4, -0.2) is 38.4 Å². The van der Waals surface area contributed by atoms with Crippen LogP contribution in [0.4, 0.5) is 4.79 Å². The first kappa shape index (κ1) is 17.1. The normalized spacial score (nSPS) is 19.8. The third-order valence-corrected chi connectivity index (χ3v) is 5.25. The number of amides is 3. The maximum absolute atomic E-state index is 12.4. The minimum absolute atomic E-state index is 0.0619. The summed E-state index contributed by atoms with van der Waals surface area (Å²) in [6.07, 6.45) is 0. The van der Waals surface area contributed by atoms with Gasteiger partial charge in [0.05, 0.1) is 7.11 Å². The molecule has 0 bridgehead atoms. The highest BCUT2D eigenvalue weighted by Crippen LogP contribution is 2.19. The van der Waals surface area contributed by atoms with Crippen molar-refractivity contribution < 1.29 is 22.7 Å². The van der Waals surface area contributed by atoms with Gasteiger partial charge in [0.1, 0.15) is 5.75 Å². The molecular weight excluding hydrogens is 322 g/mol. The summed E-state index contributed by atoms with van der Waals surface area (Å²) in [5.41, 5.74) is 0.643. The van der Waals surface area contributed by atoms with Crippen LogP contribution in [0.3, 0.4) is 0 Å². The SMILES string of the molecule is COc1ccc(C(C)NS(=O)(=O)C2C(=O)NC(=O)N=C2C)cc1. The van der Waals surface area contributed by atoms with Crippen molar-refractivity contribution in [1.82, 2.24) is 10.0 Å². The first-order valence-corrected chi connectivity index (χ1v) is 8.34. The second-order valence-electron chi connectivity index (χ2n) is 5.09. The van der Waals surface area contributed by atoms with E-state index in [-0.39, 0.29) is 5.71 Å². The second-order valence-corrected chi connectivity index (χ2v) is 6.88. The predicted molar refractivity (Wildman–Crippen MR) is 83.9 cm³/mol. The van der Waals surface area contributed by atoms with E-state index in [0.29, 0.717) is 11.3 Å². The van der Waals surface area contributed by atoms with Gasteiger partial charge < -0.3 is 4.74 Å². The van der Waals surface area contributed by atoms with Gasteiger partial charge in [-0.15, -0.1) is 0 Å². The standard InChI is InChI=1S/C14H17N3O5S/c1-8(10-4-6-11(22-3)7-5-10)17-23(20,21)12-9(2)15-14(19)16-13(12)18/h4-8,12,17H,1-3H3,(H,16,18,19). The Hall–Kier alpha value is -2.26. The molecule has 8 nitrogen and oxygen atoms in total. The molecule has 0 saturated carbocycles. The fourth-order valence-electron chi connectivity index (χ4n) is 2.25. The zero-order valence-electron chi connectivity index (χ0n) is 12.9. The maximum atomic E-state index is 12.4. The lowest BCUT2D eigenvalue weighted by Gasteiger charge is -2.22. The van der Waals surface area contributed by atoms with Crippen LogP contribution in [0.1, 0.15) is 25.5 Å². The quantitative estimate of drug-likeness (QED) is 0.822. The Morgan fingerprint density at radius 2 is 1.87 bits per heavy atom. The monoisotopic (exact) mass is 339 g/mol. The number of ether oxygens (including phenoxy) is 1. The molecule has 1 heterocycles. The van der Waals surface area contributed by atoms with Gasteiger partial charge in [-0.25, -0.2) is 22.9 Å². The van der Waals surface area contributed by atoms with Gasteiger partial charge in [0.25, 0.3) is 5.91 Å². The molecule has 0 aliphatic carbocycles. The van der Waals surface area contributed by atoms with Crippen LogP contribution in [0.25, 0.3) is 0 Å². The van der Waals surface area contributed by atoms with Crippen molar-refractivity contribution in [2.24, 2.45) is 4.99 Å². The van der Waals surface area contributed by atoms with Crippen molar-refractivity contribution in [2.45, 2.75) is 25.1 Å². The Morgan fingerprint density at radius 1 is 1.26 bits per heavy atom. The number of carbonyl (C=O) groups excluding carboxylic acids is 2. The number of rotatable bonds is 5. The van der Waals surface area contributed by atoms with Crippen LogP contribution in [0.15, 0.2) is 29.3 Å². The van der Waals surface area contributed by atoms with Gasteiger partial charge in [-0.05, 0) is 31.5 Å². The predicted octanol–water partition coefficient (Wildman–Crippen LogP) is 0.755. The van der Waals surface area contributed by atoms with Gasteiger partial charge in [0, 0.05) is 11.8 Å². The number of hydrogen-bond acceptors (Lipinski definition) is 5. The Morgan fingerprint density at radius 3 is 2.39 bits per heavy atom. The van der Waals surface area contributed by atoms with Crippen LogP contribution in [-0.2, 0) is 14.8 Å². The number of hydrogen-bond donors (Lipinski definition) is 2.